The zero-order valence-corrected chi connectivity index (χ0v) is 20.5. The number of nitrogens with zero attached hydrogens (tertiary/aromatic N) is 1. The highest BCUT2D eigenvalue weighted by Crippen LogP contribution is 2.33. The fraction of sp³-hybridized carbons (Fsp3) is 0.375. The van der Waals surface area contributed by atoms with Crippen LogP contribution in [-0.4, -0.2) is 41.2 Å². The maximum Gasteiger partial charge on any atom is 0.237 e. The third-order valence-corrected chi connectivity index (χ3v) is 6.11. The number of amidine groups is 1. The lowest BCUT2D eigenvalue weighted by molar-refractivity contribution is -0.129. The predicted molar refractivity (Wildman–Crippen MR) is 136 cm³/mol. The molecule has 2 aromatic rings. The second-order valence-electron chi connectivity index (χ2n) is 8.15. The van der Waals surface area contributed by atoms with E-state index in [1.807, 2.05) is 30.0 Å². The van der Waals surface area contributed by atoms with Crippen LogP contribution in [0.5, 0.6) is 0 Å². The smallest absolute Gasteiger partial charge is 0.237 e. The zero-order chi connectivity index (χ0) is 22.5. The van der Waals surface area contributed by atoms with Crippen LogP contribution >= 0.6 is 24.8 Å². The molecule has 0 spiro atoms. The van der Waals surface area contributed by atoms with Gasteiger partial charge in [-0.25, -0.2) is 0 Å². The predicted octanol–water partition coefficient (Wildman–Crippen LogP) is 2.72. The van der Waals surface area contributed by atoms with E-state index in [0.717, 1.165) is 12.0 Å². The van der Waals surface area contributed by atoms with Gasteiger partial charge in [0.2, 0.25) is 11.8 Å². The number of hydrogen-bond donors (Lipinski definition) is 4. The molecular formula is C24H33Cl2N5O2. The Labute approximate surface area is 207 Å². The number of aryl methyl sites for hydroxylation is 1. The quantitative estimate of drug-likeness (QED) is 0.333. The molecule has 1 aliphatic heterocycles. The van der Waals surface area contributed by atoms with E-state index in [1.165, 1.54) is 11.1 Å². The van der Waals surface area contributed by atoms with Crippen molar-refractivity contribution in [3.63, 3.8) is 0 Å². The first kappa shape index (κ1) is 28.4. The van der Waals surface area contributed by atoms with E-state index in [9.17, 15) is 9.59 Å². The second-order valence-corrected chi connectivity index (χ2v) is 8.15. The van der Waals surface area contributed by atoms with E-state index in [2.05, 4.69) is 30.4 Å². The van der Waals surface area contributed by atoms with Gasteiger partial charge in [-0.3, -0.25) is 19.9 Å². The number of benzene rings is 2. The Hall–Kier alpha value is -2.61. The third kappa shape index (κ3) is 6.93. The van der Waals surface area contributed by atoms with Gasteiger partial charge in [-0.1, -0.05) is 55.5 Å². The van der Waals surface area contributed by atoms with Gasteiger partial charge in [-0.05, 0) is 42.4 Å². The SMILES string of the molecule is CCc1cccc(C2CC(C(N)=O)N([C@@H](C)C(=O)NCc3ccc(C(=N)N)cc3)C2)c1.Cl.Cl. The van der Waals surface area contributed by atoms with Gasteiger partial charge in [-0.15, -0.1) is 24.8 Å². The van der Waals surface area contributed by atoms with Crippen LogP contribution in [0.4, 0.5) is 0 Å². The summed E-state index contributed by atoms with van der Waals surface area (Å²) in [5.74, 6) is -0.369. The van der Waals surface area contributed by atoms with E-state index in [0.29, 0.717) is 25.1 Å². The number of amides is 2. The number of rotatable bonds is 8. The van der Waals surface area contributed by atoms with Gasteiger partial charge >= 0.3 is 0 Å². The molecular weight excluding hydrogens is 461 g/mol. The van der Waals surface area contributed by atoms with Crippen molar-refractivity contribution in [3.8, 4) is 0 Å². The molecule has 1 saturated heterocycles. The van der Waals surface area contributed by atoms with E-state index in [4.69, 9.17) is 16.9 Å². The van der Waals surface area contributed by atoms with E-state index < -0.39 is 18.0 Å². The minimum Gasteiger partial charge on any atom is -0.384 e. The van der Waals surface area contributed by atoms with Gasteiger partial charge in [0.15, 0.2) is 0 Å². The number of hydrogen-bond acceptors (Lipinski definition) is 4. The van der Waals surface area contributed by atoms with Gasteiger partial charge in [0.1, 0.15) is 5.84 Å². The third-order valence-electron chi connectivity index (χ3n) is 6.11. The highest BCUT2D eigenvalue weighted by molar-refractivity contribution is 5.94. The van der Waals surface area contributed by atoms with E-state index >= 15 is 0 Å². The van der Waals surface area contributed by atoms with Crippen molar-refractivity contribution >= 4 is 42.5 Å². The van der Waals surface area contributed by atoms with Gasteiger partial charge in [0, 0.05) is 18.7 Å². The van der Waals surface area contributed by atoms with Crippen LogP contribution < -0.4 is 16.8 Å². The molecule has 3 atom stereocenters. The van der Waals surface area contributed by atoms with Crippen LogP contribution in [0.15, 0.2) is 48.5 Å². The number of nitrogens with one attached hydrogen (secondary N) is 2. The van der Waals surface area contributed by atoms with Gasteiger partial charge in [0.05, 0.1) is 12.1 Å². The van der Waals surface area contributed by atoms with Crippen molar-refractivity contribution in [2.75, 3.05) is 6.54 Å². The van der Waals surface area contributed by atoms with Crippen LogP contribution in [0.1, 0.15) is 48.4 Å². The van der Waals surface area contributed by atoms with Crippen molar-refractivity contribution < 1.29 is 9.59 Å². The Morgan fingerprint density at radius 3 is 2.36 bits per heavy atom. The molecule has 0 radical (unpaired) electrons. The average molecular weight is 494 g/mol. The standard InChI is InChI=1S/C24H31N5O2.2ClH/c1-3-16-5-4-6-19(11-16)20-12-21(23(27)30)29(14-20)15(2)24(31)28-13-17-7-9-18(10-8-17)22(25)26;;/h4-11,15,20-21H,3,12-14H2,1-2H3,(H3,25,26)(H2,27,30)(H,28,31);2*1H/t15-,20?,21?;;/m0../s1. The highest BCUT2D eigenvalue weighted by Gasteiger charge is 2.40. The Balaban J connectivity index is 0.00000272. The Morgan fingerprint density at radius 2 is 1.79 bits per heavy atom. The molecule has 2 unspecified atom stereocenters. The summed E-state index contributed by atoms with van der Waals surface area (Å²) in [6, 6.07) is 14.6. The lowest BCUT2D eigenvalue weighted by Gasteiger charge is -2.28. The number of carbonyl (C=O) groups is 2. The van der Waals surface area contributed by atoms with Crippen LogP contribution in [-0.2, 0) is 22.6 Å². The maximum absolute atomic E-state index is 12.8. The molecule has 33 heavy (non-hydrogen) atoms. The Kier molecular flexibility index (Phi) is 10.8. The first-order chi connectivity index (χ1) is 14.8. The van der Waals surface area contributed by atoms with Crippen LogP contribution in [0, 0.1) is 5.41 Å². The average Bonchev–Trinajstić information content (AvgIpc) is 3.23. The van der Waals surface area contributed by atoms with Gasteiger partial charge < -0.3 is 16.8 Å². The number of nitrogens with two attached hydrogens (primary N) is 2. The maximum atomic E-state index is 12.8. The number of halogens is 2. The summed E-state index contributed by atoms with van der Waals surface area (Å²) in [7, 11) is 0. The molecule has 0 aromatic heterocycles. The monoisotopic (exact) mass is 493 g/mol. The highest BCUT2D eigenvalue weighted by atomic mass is 35.5. The lowest BCUT2D eigenvalue weighted by atomic mass is 9.94. The molecule has 7 nitrogen and oxygen atoms in total. The van der Waals surface area contributed by atoms with Crippen LogP contribution in [0.25, 0.3) is 0 Å². The number of carbonyl (C=O) groups excluding carboxylic acids is 2. The molecule has 1 heterocycles. The summed E-state index contributed by atoms with van der Waals surface area (Å²) >= 11 is 0. The van der Waals surface area contributed by atoms with Crippen LogP contribution in [0.3, 0.4) is 0 Å². The minimum absolute atomic E-state index is 0. The van der Waals surface area contributed by atoms with Gasteiger partial charge in [0.25, 0.3) is 0 Å². The molecule has 0 saturated carbocycles. The molecule has 1 aliphatic rings. The molecule has 0 aliphatic carbocycles. The summed E-state index contributed by atoms with van der Waals surface area (Å²) in [6.45, 7) is 4.91. The molecule has 2 aromatic carbocycles. The molecule has 2 amide bonds. The zero-order valence-electron chi connectivity index (χ0n) is 18.9. The topological polar surface area (TPSA) is 125 Å². The van der Waals surface area contributed by atoms with Gasteiger partial charge in [-0.2, -0.15) is 0 Å². The summed E-state index contributed by atoms with van der Waals surface area (Å²) in [5, 5.41) is 10.4. The number of nitrogen functional groups attached to an aromatic ring is 1. The summed E-state index contributed by atoms with van der Waals surface area (Å²) in [6.07, 6.45) is 1.57. The van der Waals surface area contributed by atoms with Crippen molar-refractivity contribution in [1.29, 1.82) is 5.41 Å². The first-order valence-corrected chi connectivity index (χ1v) is 10.6. The van der Waals surface area contributed by atoms with Crippen molar-refractivity contribution in [2.45, 2.75) is 51.2 Å². The number of primary amides is 1. The minimum atomic E-state index is -0.478. The van der Waals surface area contributed by atoms with E-state index in [-0.39, 0.29) is 42.5 Å². The summed E-state index contributed by atoms with van der Waals surface area (Å²) < 4.78 is 0. The molecule has 9 heteroatoms. The van der Waals surface area contributed by atoms with E-state index in [1.54, 1.807) is 12.1 Å². The molecule has 1 fully saturated rings. The van der Waals surface area contributed by atoms with Crippen LogP contribution in [0.2, 0.25) is 0 Å². The Bertz CT molecular complexity index is 968. The lowest BCUT2D eigenvalue weighted by Crippen LogP contribution is -2.51. The number of likely N-dealkylation sites (tertiary alicyclic amines) is 1. The normalized spacial score (nSPS) is 18.5. The molecule has 3 rings (SSSR count). The van der Waals surface area contributed by atoms with Crippen molar-refractivity contribution in [2.24, 2.45) is 11.5 Å². The summed E-state index contributed by atoms with van der Waals surface area (Å²) in [5.41, 5.74) is 15.2. The Morgan fingerprint density at radius 1 is 1.12 bits per heavy atom. The second kappa shape index (κ2) is 12.6. The largest absolute Gasteiger partial charge is 0.384 e. The fourth-order valence-corrected chi connectivity index (χ4v) is 4.17. The van der Waals surface area contributed by atoms with Crippen molar-refractivity contribution in [1.82, 2.24) is 10.2 Å². The summed E-state index contributed by atoms with van der Waals surface area (Å²) in [4.78, 5) is 26.9. The first-order valence-electron chi connectivity index (χ1n) is 10.6. The molecule has 180 valence electrons. The molecule has 0 bridgehead atoms. The fourth-order valence-electron chi connectivity index (χ4n) is 4.17. The molecule has 6 N–H and O–H groups in total. The van der Waals surface area contributed by atoms with Crippen molar-refractivity contribution in [3.05, 3.63) is 70.8 Å².